The Morgan fingerprint density at radius 3 is 2.85 bits per heavy atom. The van der Waals surface area contributed by atoms with Crippen molar-refractivity contribution in [2.24, 2.45) is 0 Å². The first-order valence-electron chi connectivity index (χ1n) is 6.37. The van der Waals surface area contributed by atoms with Crippen molar-refractivity contribution in [3.63, 3.8) is 0 Å². The number of hydrogen-bond acceptors (Lipinski definition) is 2. The summed E-state index contributed by atoms with van der Waals surface area (Å²) >= 11 is 5.85. The van der Waals surface area contributed by atoms with E-state index in [9.17, 15) is 4.79 Å². The lowest BCUT2D eigenvalue weighted by Crippen LogP contribution is -2.30. The molecule has 20 heavy (non-hydrogen) atoms. The molecular formula is C14H17ClN4O. The molecule has 0 unspecified atom stereocenters. The van der Waals surface area contributed by atoms with E-state index in [1.165, 1.54) is 0 Å². The van der Waals surface area contributed by atoms with Crippen LogP contribution in [-0.2, 0) is 6.42 Å². The van der Waals surface area contributed by atoms with Crippen LogP contribution in [0.3, 0.4) is 0 Å². The summed E-state index contributed by atoms with van der Waals surface area (Å²) in [5, 5.41) is 13.2. The number of carbonyl (C=O) groups excluding carboxylic acids is 1. The van der Waals surface area contributed by atoms with E-state index in [0.29, 0.717) is 17.3 Å². The van der Waals surface area contributed by atoms with Crippen molar-refractivity contribution in [2.75, 3.05) is 11.9 Å². The number of anilines is 1. The zero-order valence-corrected chi connectivity index (χ0v) is 12.2. The third kappa shape index (κ3) is 3.74. The van der Waals surface area contributed by atoms with Gasteiger partial charge in [0.1, 0.15) is 0 Å². The molecule has 0 spiro atoms. The van der Waals surface area contributed by atoms with Crippen LogP contribution in [0.4, 0.5) is 10.5 Å². The number of aromatic nitrogens is 2. The highest BCUT2D eigenvalue weighted by atomic mass is 35.5. The Hall–Kier alpha value is -2.01. The SMILES string of the molecule is Cc1n[nH]c(C)c1CCNC(=O)Nc1cccc(Cl)c1. The van der Waals surface area contributed by atoms with Crippen LogP contribution in [0.1, 0.15) is 17.0 Å². The highest BCUT2D eigenvalue weighted by molar-refractivity contribution is 6.30. The minimum absolute atomic E-state index is 0.244. The van der Waals surface area contributed by atoms with E-state index in [2.05, 4.69) is 20.8 Å². The molecule has 0 saturated heterocycles. The van der Waals surface area contributed by atoms with Gasteiger partial charge in [-0.1, -0.05) is 17.7 Å². The molecule has 0 fully saturated rings. The summed E-state index contributed by atoms with van der Waals surface area (Å²) in [4.78, 5) is 11.7. The molecule has 2 amide bonds. The fraction of sp³-hybridized carbons (Fsp3) is 0.286. The van der Waals surface area contributed by atoms with E-state index >= 15 is 0 Å². The number of aromatic amines is 1. The number of halogens is 1. The van der Waals surface area contributed by atoms with Gasteiger partial charge in [-0.05, 0) is 44.0 Å². The van der Waals surface area contributed by atoms with E-state index in [1.54, 1.807) is 24.3 Å². The third-order valence-electron chi connectivity index (χ3n) is 3.02. The molecule has 0 atom stereocenters. The number of benzene rings is 1. The zero-order valence-electron chi connectivity index (χ0n) is 11.5. The summed E-state index contributed by atoms with van der Waals surface area (Å²) in [5.41, 5.74) is 3.83. The lowest BCUT2D eigenvalue weighted by molar-refractivity contribution is 0.252. The van der Waals surface area contributed by atoms with Crippen molar-refractivity contribution in [2.45, 2.75) is 20.3 Å². The van der Waals surface area contributed by atoms with E-state index in [4.69, 9.17) is 11.6 Å². The van der Waals surface area contributed by atoms with Crippen LogP contribution in [0.15, 0.2) is 24.3 Å². The molecule has 0 aliphatic carbocycles. The number of amides is 2. The van der Waals surface area contributed by atoms with Gasteiger partial charge in [-0.3, -0.25) is 5.10 Å². The Kier molecular flexibility index (Phi) is 4.63. The summed E-state index contributed by atoms with van der Waals surface area (Å²) in [7, 11) is 0. The minimum Gasteiger partial charge on any atom is -0.338 e. The van der Waals surface area contributed by atoms with Gasteiger partial charge in [-0.25, -0.2) is 4.79 Å². The number of hydrogen-bond donors (Lipinski definition) is 3. The normalized spacial score (nSPS) is 10.3. The Balaban J connectivity index is 1.81. The Morgan fingerprint density at radius 2 is 2.20 bits per heavy atom. The Morgan fingerprint density at radius 1 is 1.40 bits per heavy atom. The van der Waals surface area contributed by atoms with Crippen LogP contribution < -0.4 is 10.6 Å². The number of urea groups is 1. The van der Waals surface area contributed by atoms with Crippen molar-refractivity contribution >= 4 is 23.3 Å². The summed E-state index contributed by atoms with van der Waals surface area (Å²) in [6.07, 6.45) is 0.747. The van der Waals surface area contributed by atoms with Crippen LogP contribution in [0.2, 0.25) is 5.02 Å². The molecular weight excluding hydrogens is 276 g/mol. The lowest BCUT2D eigenvalue weighted by atomic mass is 10.1. The standard InChI is InChI=1S/C14H17ClN4O/c1-9-13(10(2)19-18-9)6-7-16-14(20)17-12-5-3-4-11(15)8-12/h3-5,8H,6-7H2,1-2H3,(H,18,19)(H2,16,17,20). The predicted octanol–water partition coefficient (Wildman–Crippen LogP) is 3.04. The van der Waals surface area contributed by atoms with Gasteiger partial charge in [0.2, 0.25) is 0 Å². The predicted molar refractivity (Wildman–Crippen MR) is 80.2 cm³/mol. The molecule has 0 radical (unpaired) electrons. The maximum absolute atomic E-state index is 11.7. The van der Waals surface area contributed by atoms with Gasteiger partial charge >= 0.3 is 6.03 Å². The third-order valence-corrected chi connectivity index (χ3v) is 3.26. The zero-order chi connectivity index (χ0) is 14.5. The van der Waals surface area contributed by atoms with Gasteiger partial charge in [0.15, 0.2) is 0 Å². The van der Waals surface area contributed by atoms with Crippen LogP contribution >= 0.6 is 11.6 Å². The Bertz CT molecular complexity index is 589. The first-order chi connectivity index (χ1) is 9.56. The van der Waals surface area contributed by atoms with Gasteiger partial charge in [-0.2, -0.15) is 5.10 Å². The summed E-state index contributed by atoms with van der Waals surface area (Å²) in [6, 6.07) is 6.79. The van der Waals surface area contributed by atoms with E-state index in [1.807, 2.05) is 13.8 Å². The van der Waals surface area contributed by atoms with Crippen molar-refractivity contribution in [1.82, 2.24) is 15.5 Å². The van der Waals surface area contributed by atoms with Gasteiger partial charge in [0.05, 0.1) is 5.69 Å². The minimum atomic E-state index is -0.244. The van der Waals surface area contributed by atoms with Crippen LogP contribution in [-0.4, -0.2) is 22.8 Å². The van der Waals surface area contributed by atoms with Crippen molar-refractivity contribution in [3.8, 4) is 0 Å². The number of H-pyrrole nitrogens is 1. The molecule has 1 heterocycles. The number of nitrogens with zero attached hydrogens (tertiary/aromatic N) is 1. The quantitative estimate of drug-likeness (QED) is 0.810. The second-order valence-electron chi connectivity index (χ2n) is 4.55. The number of carbonyl (C=O) groups is 1. The molecule has 2 aromatic rings. The molecule has 2 rings (SSSR count). The Labute approximate surface area is 122 Å². The smallest absolute Gasteiger partial charge is 0.319 e. The first kappa shape index (κ1) is 14.4. The van der Waals surface area contributed by atoms with Gasteiger partial charge in [0.25, 0.3) is 0 Å². The molecule has 0 aliphatic heterocycles. The van der Waals surface area contributed by atoms with E-state index in [-0.39, 0.29) is 6.03 Å². The molecule has 106 valence electrons. The number of rotatable bonds is 4. The van der Waals surface area contributed by atoms with Gasteiger partial charge < -0.3 is 10.6 Å². The largest absolute Gasteiger partial charge is 0.338 e. The van der Waals surface area contributed by atoms with Crippen molar-refractivity contribution in [3.05, 3.63) is 46.2 Å². The van der Waals surface area contributed by atoms with Crippen molar-refractivity contribution < 1.29 is 4.79 Å². The van der Waals surface area contributed by atoms with Gasteiger partial charge in [-0.15, -0.1) is 0 Å². The topological polar surface area (TPSA) is 69.8 Å². The molecule has 5 nitrogen and oxygen atoms in total. The average Bonchev–Trinajstić information content (AvgIpc) is 2.70. The fourth-order valence-electron chi connectivity index (χ4n) is 1.98. The summed E-state index contributed by atoms with van der Waals surface area (Å²) in [6.45, 7) is 4.47. The molecule has 0 aliphatic rings. The fourth-order valence-corrected chi connectivity index (χ4v) is 2.18. The average molecular weight is 293 g/mol. The monoisotopic (exact) mass is 292 g/mol. The highest BCUT2D eigenvalue weighted by Gasteiger charge is 2.07. The summed E-state index contributed by atoms with van der Waals surface area (Å²) in [5.74, 6) is 0. The molecule has 0 bridgehead atoms. The van der Waals surface area contributed by atoms with Crippen molar-refractivity contribution in [1.29, 1.82) is 0 Å². The number of aryl methyl sites for hydroxylation is 2. The lowest BCUT2D eigenvalue weighted by Gasteiger charge is -2.08. The van der Waals surface area contributed by atoms with Crippen LogP contribution in [0.5, 0.6) is 0 Å². The van der Waals surface area contributed by atoms with Crippen LogP contribution in [0, 0.1) is 13.8 Å². The molecule has 1 aromatic heterocycles. The molecule has 6 heteroatoms. The maximum atomic E-state index is 11.7. The first-order valence-corrected chi connectivity index (χ1v) is 6.75. The second-order valence-corrected chi connectivity index (χ2v) is 4.99. The maximum Gasteiger partial charge on any atom is 0.319 e. The van der Waals surface area contributed by atoms with Gasteiger partial charge in [0, 0.05) is 22.9 Å². The highest BCUT2D eigenvalue weighted by Crippen LogP contribution is 2.14. The molecule has 1 aromatic carbocycles. The van der Waals surface area contributed by atoms with E-state index < -0.39 is 0 Å². The second kappa shape index (κ2) is 6.43. The molecule has 3 N–H and O–H groups in total. The van der Waals surface area contributed by atoms with Crippen LogP contribution in [0.25, 0.3) is 0 Å². The summed E-state index contributed by atoms with van der Waals surface area (Å²) < 4.78 is 0. The molecule has 0 saturated carbocycles. The number of nitrogens with one attached hydrogen (secondary N) is 3. The van der Waals surface area contributed by atoms with E-state index in [0.717, 1.165) is 23.4 Å².